The highest BCUT2D eigenvalue weighted by molar-refractivity contribution is 5.78. The van der Waals surface area contributed by atoms with Crippen LogP contribution in [0.1, 0.15) is 56.2 Å². The van der Waals surface area contributed by atoms with E-state index >= 15 is 0 Å². The quantitative estimate of drug-likeness (QED) is 0.453. The Labute approximate surface area is 214 Å². The number of aryl methyl sites for hydroxylation is 1. The number of amides is 1. The van der Waals surface area contributed by atoms with Crippen molar-refractivity contribution in [1.82, 2.24) is 14.8 Å². The number of carbonyl (C=O) groups is 1. The minimum absolute atomic E-state index is 0.198. The van der Waals surface area contributed by atoms with Crippen LogP contribution in [-0.2, 0) is 11.2 Å². The first-order valence-electron chi connectivity index (χ1n) is 13.2. The van der Waals surface area contributed by atoms with Crippen molar-refractivity contribution in [2.75, 3.05) is 46.6 Å². The molecule has 2 unspecified atom stereocenters. The van der Waals surface area contributed by atoms with Gasteiger partial charge in [0.25, 0.3) is 0 Å². The molecule has 0 radical (unpaired) electrons. The van der Waals surface area contributed by atoms with Crippen molar-refractivity contribution in [1.29, 1.82) is 0 Å². The SMILES string of the molecule is CCCCN(CCCN)C(=O)CN1CC(c2cc(OC)c3c(c2)OCO3)CC1CCc1ccccn1. The number of methoxy groups -OCH3 is 1. The number of fused-ring (bicyclic) bond motifs is 1. The number of pyridine rings is 1. The number of carbonyl (C=O) groups excluding carboxylic acids is 1. The Balaban J connectivity index is 1.50. The van der Waals surface area contributed by atoms with Crippen LogP contribution in [0.25, 0.3) is 0 Å². The molecule has 8 nitrogen and oxygen atoms in total. The van der Waals surface area contributed by atoms with Gasteiger partial charge in [-0.1, -0.05) is 19.4 Å². The molecular weight excluding hydrogens is 456 g/mol. The number of unbranched alkanes of at least 4 members (excludes halogenated alkanes) is 1. The highest BCUT2D eigenvalue weighted by Gasteiger charge is 2.36. The van der Waals surface area contributed by atoms with Crippen molar-refractivity contribution in [2.45, 2.75) is 57.4 Å². The maximum atomic E-state index is 13.4. The summed E-state index contributed by atoms with van der Waals surface area (Å²) in [5, 5.41) is 0. The molecule has 1 fully saturated rings. The van der Waals surface area contributed by atoms with Gasteiger partial charge in [0.05, 0.1) is 13.7 Å². The van der Waals surface area contributed by atoms with Gasteiger partial charge in [-0.25, -0.2) is 0 Å². The predicted octanol–water partition coefficient (Wildman–Crippen LogP) is 3.59. The van der Waals surface area contributed by atoms with Crippen LogP contribution in [0.4, 0.5) is 0 Å². The average Bonchev–Trinajstić information content (AvgIpc) is 3.54. The molecule has 196 valence electrons. The van der Waals surface area contributed by atoms with Crippen LogP contribution in [0.15, 0.2) is 36.5 Å². The summed E-state index contributed by atoms with van der Waals surface area (Å²) in [6.45, 7) is 5.74. The van der Waals surface area contributed by atoms with E-state index in [1.165, 1.54) is 5.56 Å². The van der Waals surface area contributed by atoms with Crippen LogP contribution >= 0.6 is 0 Å². The number of ether oxygens (including phenoxy) is 3. The molecule has 0 bridgehead atoms. The molecule has 8 heteroatoms. The summed E-state index contributed by atoms with van der Waals surface area (Å²) < 4.78 is 16.9. The Morgan fingerprint density at radius 2 is 2.11 bits per heavy atom. The van der Waals surface area contributed by atoms with E-state index in [1.807, 2.05) is 23.2 Å². The molecule has 1 saturated heterocycles. The Hall–Kier alpha value is -2.84. The number of likely N-dealkylation sites (tertiary alicyclic amines) is 1. The first-order valence-corrected chi connectivity index (χ1v) is 13.2. The van der Waals surface area contributed by atoms with Crippen molar-refractivity contribution < 1.29 is 19.0 Å². The maximum Gasteiger partial charge on any atom is 0.236 e. The molecule has 0 saturated carbocycles. The van der Waals surface area contributed by atoms with E-state index in [2.05, 4.69) is 35.0 Å². The van der Waals surface area contributed by atoms with E-state index in [-0.39, 0.29) is 18.6 Å². The lowest BCUT2D eigenvalue weighted by Gasteiger charge is -2.28. The Kier molecular flexibility index (Phi) is 9.41. The normalized spacial score (nSPS) is 19.0. The Morgan fingerprint density at radius 1 is 1.25 bits per heavy atom. The maximum absolute atomic E-state index is 13.4. The van der Waals surface area contributed by atoms with Crippen LogP contribution < -0.4 is 19.9 Å². The summed E-state index contributed by atoms with van der Waals surface area (Å²) >= 11 is 0. The van der Waals surface area contributed by atoms with Gasteiger partial charge in [-0.2, -0.15) is 0 Å². The van der Waals surface area contributed by atoms with E-state index in [0.29, 0.717) is 30.6 Å². The molecular formula is C28H40N4O4. The topological polar surface area (TPSA) is 90.2 Å². The lowest BCUT2D eigenvalue weighted by atomic mass is 9.94. The predicted molar refractivity (Wildman–Crippen MR) is 140 cm³/mol. The molecule has 1 aromatic heterocycles. The zero-order chi connectivity index (χ0) is 25.3. The van der Waals surface area contributed by atoms with Crippen molar-refractivity contribution >= 4 is 5.91 Å². The lowest BCUT2D eigenvalue weighted by Crippen LogP contribution is -2.43. The van der Waals surface area contributed by atoms with Gasteiger partial charge in [0.1, 0.15) is 0 Å². The van der Waals surface area contributed by atoms with Crippen LogP contribution in [0.2, 0.25) is 0 Å². The standard InChI is InChI=1S/C28H40N4O4/c1-3-4-13-31(14-7-11-29)27(33)19-32-18-22(15-24(32)10-9-23-8-5-6-12-30-23)21-16-25(34-2)28-26(17-21)35-20-36-28/h5-6,8,12,16-17,22,24H,3-4,7,9-11,13-15,18-20,29H2,1-2H3. The molecule has 2 aliphatic heterocycles. The summed E-state index contributed by atoms with van der Waals surface area (Å²) in [5.41, 5.74) is 8.00. The van der Waals surface area contributed by atoms with Crippen LogP contribution in [0, 0.1) is 0 Å². The number of benzene rings is 1. The van der Waals surface area contributed by atoms with Gasteiger partial charge < -0.3 is 24.8 Å². The van der Waals surface area contributed by atoms with Crippen molar-refractivity contribution in [3.8, 4) is 17.2 Å². The molecule has 2 atom stereocenters. The highest BCUT2D eigenvalue weighted by atomic mass is 16.7. The fourth-order valence-corrected chi connectivity index (χ4v) is 5.23. The molecule has 2 aliphatic rings. The number of nitrogens with zero attached hydrogens (tertiary/aromatic N) is 3. The zero-order valence-electron chi connectivity index (χ0n) is 21.7. The molecule has 2 aromatic rings. The van der Waals surface area contributed by atoms with Crippen molar-refractivity contribution in [3.05, 3.63) is 47.8 Å². The van der Waals surface area contributed by atoms with Crippen LogP contribution in [0.3, 0.4) is 0 Å². The Bertz CT molecular complexity index is 979. The molecule has 0 aliphatic carbocycles. The summed E-state index contributed by atoms with van der Waals surface area (Å²) in [6, 6.07) is 10.5. The summed E-state index contributed by atoms with van der Waals surface area (Å²) in [4.78, 5) is 22.3. The lowest BCUT2D eigenvalue weighted by molar-refractivity contribution is -0.132. The van der Waals surface area contributed by atoms with Gasteiger partial charge in [0.15, 0.2) is 11.5 Å². The van der Waals surface area contributed by atoms with Gasteiger partial charge in [-0.3, -0.25) is 14.7 Å². The van der Waals surface area contributed by atoms with Gasteiger partial charge >= 0.3 is 0 Å². The number of nitrogens with two attached hydrogens (primary N) is 1. The largest absolute Gasteiger partial charge is 0.493 e. The van der Waals surface area contributed by atoms with E-state index in [0.717, 1.165) is 69.6 Å². The third-order valence-corrected chi connectivity index (χ3v) is 7.24. The molecule has 1 aromatic carbocycles. The molecule has 36 heavy (non-hydrogen) atoms. The molecule has 3 heterocycles. The third kappa shape index (κ3) is 6.48. The van der Waals surface area contributed by atoms with Crippen LogP contribution in [-0.4, -0.2) is 73.4 Å². The molecule has 4 rings (SSSR count). The first-order chi connectivity index (χ1) is 17.6. The average molecular weight is 497 g/mol. The highest BCUT2D eigenvalue weighted by Crippen LogP contribution is 2.45. The molecule has 0 spiro atoms. The van der Waals surface area contributed by atoms with Gasteiger partial charge in [-0.05, 0) is 74.4 Å². The number of aromatic nitrogens is 1. The van der Waals surface area contributed by atoms with E-state index in [4.69, 9.17) is 19.9 Å². The molecule has 2 N–H and O–H groups in total. The van der Waals surface area contributed by atoms with Gasteiger partial charge in [-0.15, -0.1) is 0 Å². The minimum Gasteiger partial charge on any atom is -0.493 e. The van der Waals surface area contributed by atoms with Crippen LogP contribution in [0.5, 0.6) is 17.2 Å². The first kappa shape index (κ1) is 26.2. The number of hydrogen-bond donors (Lipinski definition) is 1. The second-order valence-electron chi connectivity index (χ2n) is 9.71. The van der Waals surface area contributed by atoms with Crippen molar-refractivity contribution in [2.24, 2.45) is 5.73 Å². The molecule has 1 amide bonds. The monoisotopic (exact) mass is 496 g/mol. The van der Waals surface area contributed by atoms with E-state index in [9.17, 15) is 4.79 Å². The minimum atomic E-state index is 0.198. The Morgan fingerprint density at radius 3 is 2.86 bits per heavy atom. The van der Waals surface area contributed by atoms with Gasteiger partial charge in [0, 0.05) is 37.6 Å². The second-order valence-corrected chi connectivity index (χ2v) is 9.71. The zero-order valence-corrected chi connectivity index (χ0v) is 21.7. The fraction of sp³-hybridized carbons (Fsp3) is 0.571. The fourth-order valence-electron chi connectivity index (χ4n) is 5.23. The number of hydrogen-bond acceptors (Lipinski definition) is 7. The second kappa shape index (κ2) is 12.9. The summed E-state index contributed by atoms with van der Waals surface area (Å²) in [5.74, 6) is 2.58. The third-order valence-electron chi connectivity index (χ3n) is 7.24. The summed E-state index contributed by atoms with van der Waals surface area (Å²) in [6.07, 6.45) is 7.57. The summed E-state index contributed by atoms with van der Waals surface area (Å²) in [7, 11) is 1.66. The van der Waals surface area contributed by atoms with Gasteiger partial charge in [0.2, 0.25) is 18.4 Å². The van der Waals surface area contributed by atoms with E-state index < -0.39 is 0 Å². The smallest absolute Gasteiger partial charge is 0.236 e. The number of rotatable bonds is 13. The van der Waals surface area contributed by atoms with E-state index in [1.54, 1.807) is 7.11 Å². The van der Waals surface area contributed by atoms with Crippen molar-refractivity contribution in [3.63, 3.8) is 0 Å².